The molecule has 5 nitrogen and oxygen atoms in total. The molecule has 0 bridgehead atoms. The molecule has 0 N–H and O–H groups in total. The molecule has 2 aromatic heterocycles. The Hall–Kier alpha value is -1.98. The van der Waals surface area contributed by atoms with E-state index in [0.717, 1.165) is 5.56 Å². The maximum atomic E-state index is 6.01. The predicted molar refractivity (Wildman–Crippen MR) is 75.5 cm³/mol. The molecular weight excluding hydrogens is 299 g/mol. The molecule has 0 amide bonds. The first kappa shape index (κ1) is 13.0. The molecule has 0 unspecified atom stereocenters. The van der Waals surface area contributed by atoms with Gasteiger partial charge in [-0.25, -0.2) is 9.97 Å². The topological polar surface area (TPSA) is 64.7 Å². The highest BCUT2D eigenvalue weighted by Crippen LogP contribution is 2.28. The van der Waals surface area contributed by atoms with Crippen LogP contribution in [0.3, 0.4) is 0 Å². The fraction of sp³-hybridized carbons (Fsp3) is 0.0769. The van der Waals surface area contributed by atoms with Gasteiger partial charge in [-0.05, 0) is 18.2 Å². The lowest BCUT2D eigenvalue weighted by atomic mass is 10.1. The summed E-state index contributed by atoms with van der Waals surface area (Å²) < 4.78 is 4.94. The second-order valence-electron chi connectivity index (χ2n) is 4.05. The lowest BCUT2D eigenvalue weighted by Gasteiger charge is -2.03. The van der Waals surface area contributed by atoms with Crippen LogP contribution in [0.1, 0.15) is 5.89 Å². The molecule has 20 heavy (non-hydrogen) atoms. The van der Waals surface area contributed by atoms with E-state index in [-0.39, 0.29) is 0 Å². The predicted octanol–water partition coefficient (Wildman–Crippen LogP) is 3.81. The number of benzene rings is 1. The third-order valence-electron chi connectivity index (χ3n) is 2.64. The van der Waals surface area contributed by atoms with E-state index in [2.05, 4.69) is 20.1 Å². The molecular formula is C13H8Cl2N4O. The Balaban J connectivity index is 2.04. The van der Waals surface area contributed by atoms with Gasteiger partial charge in [0.2, 0.25) is 11.7 Å². The fourth-order valence-electron chi connectivity index (χ4n) is 1.70. The fourth-order valence-corrected chi connectivity index (χ4v) is 1.99. The molecule has 2 heterocycles. The van der Waals surface area contributed by atoms with Crippen molar-refractivity contribution in [3.05, 3.63) is 46.5 Å². The van der Waals surface area contributed by atoms with E-state index in [1.807, 2.05) is 6.07 Å². The van der Waals surface area contributed by atoms with Crippen LogP contribution in [0.5, 0.6) is 0 Å². The molecule has 100 valence electrons. The van der Waals surface area contributed by atoms with E-state index in [1.165, 1.54) is 6.33 Å². The van der Waals surface area contributed by atoms with Gasteiger partial charge in [-0.3, -0.25) is 0 Å². The highest BCUT2D eigenvalue weighted by atomic mass is 35.5. The number of nitrogens with zero attached hydrogens (tertiary/aromatic N) is 4. The van der Waals surface area contributed by atoms with Gasteiger partial charge in [-0.2, -0.15) is 4.98 Å². The molecule has 0 aliphatic rings. The highest BCUT2D eigenvalue weighted by Gasteiger charge is 2.10. The second kappa shape index (κ2) is 5.19. The van der Waals surface area contributed by atoms with Gasteiger partial charge in [0.25, 0.3) is 0 Å². The number of aryl methyl sites for hydroxylation is 1. The van der Waals surface area contributed by atoms with Gasteiger partial charge in [0.05, 0.1) is 15.7 Å². The largest absolute Gasteiger partial charge is 0.339 e. The summed E-state index contributed by atoms with van der Waals surface area (Å²) in [7, 11) is 0. The van der Waals surface area contributed by atoms with Gasteiger partial charge < -0.3 is 4.52 Å². The third-order valence-corrected chi connectivity index (χ3v) is 3.38. The van der Waals surface area contributed by atoms with Crippen LogP contribution < -0.4 is 0 Å². The number of aromatic nitrogens is 4. The molecule has 0 radical (unpaired) electrons. The Morgan fingerprint density at radius 3 is 2.50 bits per heavy atom. The first-order chi connectivity index (χ1) is 9.63. The Morgan fingerprint density at radius 2 is 1.80 bits per heavy atom. The van der Waals surface area contributed by atoms with E-state index in [4.69, 9.17) is 27.7 Å². The van der Waals surface area contributed by atoms with Crippen LogP contribution in [0, 0.1) is 6.92 Å². The molecule has 0 spiro atoms. The zero-order chi connectivity index (χ0) is 14.1. The summed E-state index contributed by atoms with van der Waals surface area (Å²) in [6.07, 6.45) is 1.44. The number of hydrogen-bond donors (Lipinski definition) is 0. The van der Waals surface area contributed by atoms with Crippen molar-refractivity contribution >= 4 is 23.2 Å². The molecule has 0 aliphatic heterocycles. The minimum absolute atomic E-state index is 0.422. The zero-order valence-corrected chi connectivity index (χ0v) is 11.9. The molecule has 7 heteroatoms. The third kappa shape index (κ3) is 2.50. The molecule has 3 rings (SSSR count). The van der Waals surface area contributed by atoms with Crippen LogP contribution in [0.15, 0.2) is 35.1 Å². The zero-order valence-electron chi connectivity index (χ0n) is 10.3. The number of halogens is 2. The molecule has 0 saturated heterocycles. The van der Waals surface area contributed by atoms with Crippen molar-refractivity contribution in [3.8, 4) is 22.8 Å². The van der Waals surface area contributed by atoms with Crippen molar-refractivity contribution in [2.45, 2.75) is 6.92 Å². The minimum atomic E-state index is 0.422. The van der Waals surface area contributed by atoms with Gasteiger partial charge >= 0.3 is 0 Å². The average Bonchev–Trinajstić information content (AvgIpc) is 2.89. The van der Waals surface area contributed by atoms with Gasteiger partial charge in [0.1, 0.15) is 12.0 Å². The number of rotatable bonds is 2. The lowest BCUT2D eigenvalue weighted by molar-refractivity contribution is 0.394. The Morgan fingerprint density at radius 1 is 1.00 bits per heavy atom. The van der Waals surface area contributed by atoms with Crippen LogP contribution in [-0.4, -0.2) is 20.1 Å². The van der Waals surface area contributed by atoms with Crippen molar-refractivity contribution < 1.29 is 4.52 Å². The first-order valence-corrected chi connectivity index (χ1v) is 6.47. The Kier molecular flexibility index (Phi) is 3.38. The van der Waals surface area contributed by atoms with Crippen molar-refractivity contribution in [3.63, 3.8) is 0 Å². The van der Waals surface area contributed by atoms with Crippen LogP contribution in [0.25, 0.3) is 22.8 Å². The Labute approximate surface area is 124 Å². The van der Waals surface area contributed by atoms with Gasteiger partial charge in [-0.15, -0.1) is 0 Å². The quantitative estimate of drug-likeness (QED) is 0.720. The molecule has 0 atom stereocenters. The minimum Gasteiger partial charge on any atom is -0.339 e. The summed E-state index contributed by atoms with van der Waals surface area (Å²) in [5.41, 5.74) is 2.12. The summed E-state index contributed by atoms with van der Waals surface area (Å²) in [4.78, 5) is 12.5. The number of hydrogen-bond acceptors (Lipinski definition) is 5. The normalized spacial score (nSPS) is 10.8. The van der Waals surface area contributed by atoms with E-state index in [1.54, 1.807) is 25.1 Å². The van der Waals surface area contributed by atoms with Crippen molar-refractivity contribution in [2.24, 2.45) is 0 Å². The lowest BCUT2D eigenvalue weighted by Crippen LogP contribution is -1.91. The molecule has 0 aliphatic carbocycles. The molecule has 0 saturated carbocycles. The van der Waals surface area contributed by atoms with Crippen molar-refractivity contribution in [1.82, 2.24) is 20.1 Å². The van der Waals surface area contributed by atoms with Crippen LogP contribution in [-0.2, 0) is 0 Å². The standard InChI is InChI=1S/C13H8Cl2N4O/c1-7-18-13(19-20-7)12-5-11(16-6-17-12)8-2-3-9(14)10(15)4-8/h2-6H,1H3. The van der Waals surface area contributed by atoms with E-state index < -0.39 is 0 Å². The maximum Gasteiger partial charge on any atom is 0.223 e. The van der Waals surface area contributed by atoms with Crippen molar-refractivity contribution in [2.75, 3.05) is 0 Å². The average molecular weight is 307 g/mol. The van der Waals surface area contributed by atoms with Gasteiger partial charge in [0, 0.05) is 12.5 Å². The summed E-state index contributed by atoms with van der Waals surface area (Å²) in [6.45, 7) is 1.72. The molecule has 1 aromatic carbocycles. The monoisotopic (exact) mass is 306 g/mol. The summed E-state index contributed by atoms with van der Waals surface area (Å²) in [5.74, 6) is 0.904. The highest BCUT2D eigenvalue weighted by molar-refractivity contribution is 6.42. The van der Waals surface area contributed by atoms with Gasteiger partial charge in [0.15, 0.2) is 0 Å². The van der Waals surface area contributed by atoms with Crippen LogP contribution in [0.4, 0.5) is 0 Å². The molecule has 0 fully saturated rings. The van der Waals surface area contributed by atoms with Crippen LogP contribution >= 0.6 is 23.2 Å². The van der Waals surface area contributed by atoms with Gasteiger partial charge in [-0.1, -0.05) is 34.4 Å². The summed E-state index contributed by atoms with van der Waals surface area (Å²) in [6, 6.07) is 7.07. The smallest absolute Gasteiger partial charge is 0.223 e. The SMILES string of the molecule is Cc1nc(-c2cc(-c3ccc(Cl)c(Cl)c3)ncn2)no1. The van der Waals surface area contributed by atoms with E-state index in [9.17, 15) is 0 Å². The van der Waals surface area contributed by atoms with E-state index in [0.29, 0.717) is 33.1 Å². The summed E-state index contributed by atoms with van der Waals surface area (Å²) >= 11 is 11.9. The Bertz CT molecular complexity index is 773. The first-order valence-electron chi connectivity index (χ1n) is 5.71. The maximum absolute atomic E-state index is 6.01. The molecule has 3 aromatic rings. The van der Waals surface area contributed by atoms with Crippen molar-refractivity contribution in [1.29, 1.82) is 0 Å². The van der Waals surface area contributed by atoms with Crippen LogP contribution in [0.2, 0.25) is 10.0 Å². The second-order valence-corrected chi connectivity index (χ2v) is 4.87. The van der Waals surface area contributed by atoms with E-state index >= 15 is 0 Å². The summed E-state index contributed by atoms with van der Waals surface area (Å²) in [5, 5.41) is 4.80.